The third kappa shape index (κ3) is 3.59. The molecule has 116 valence electrons. The first-order valence-corrected chi connectivity index (χ1v) is 9.10. The minimum atomic E-state index is -3.76. The lowest BCUT2D eigenvalue weighted by atomic mass is 9.87. The molecule has 1 aliphatic carbocycles. The molecule has 1 aliphatic rings. The Labute approximate surface area is 136 Å². The number of sulfonamides is 1. The number of aliphatic carboxylic acids is 1. The number of carboxylic acids is 1. The first kappa shape index (κ1) is 16.7. The normalized spacial score (nSPS) is 17.8. The van der Waals surface area contributed by atoms with Crippen LogP contribution < -0.4 is 4.72 Å². The van der Waals surface area contributed by atoms with Crippen LogP contribution >= 0.6 is 27.5 Å². The molecule has 2 rings (SSSR count). The Morgan fingerprint density at radius 2 is 2.00 bits per heavy atom. The molecule has 0 bridgehead atoms. The first-order valence-electron chi connectivity index (χ1n) is 6.45. The van der Waals surface area contributed by atoms with E-state index in [1.807, 2.05) is 0 Å². The fraction of sp³-hybridized carbons (Fsp3) is 0.462. The van der Waals surface area contributed by atoms with E-state index >= 15 is 0 Å². The lowest BCUT2D eigenvalue weighted by molar-refractivity contribution is -0.148. The van der Waals surface area contributed by atoms with E-state index < -0.39 is 21.4 Å². The van der Waals surface area contributed by atoms with Gasteiger partial charge in [0.25, 0.3) is 0 Å². The number of nitrogens with one attached hydrogen (secondary N) is 1. The van der Waals surface area contributed by atoms with Gasteiger partial charge in [0.05, 0.1) is 15.3 Å². The summed E-state index contributed by atoms with van der Waals surface area (Å²) in [5.74, 6) is -0.944. The highest BCUT2D eigenvalue weighted by molar-refractivity contribution is 9.10. The molecule has 2 N–H and O–H groups in total. The Morgan fingerprint density at radius 3 is 2.52 bits per heavy atom. The summed E-state index contributed by atoms with van der Waals surface area (Å²) in [6.45, 7) is -0.0923. The van der Waals surface area contributed by atoms with Gasteiger partial charge in [-0.05, 0) is 47.0 Å². The van der Waals surface area contributed by atoms with Crippen LogP contribution in [0.2, 0.25) is 5.02 Å². The number of hydrogen-bond donors (Lipinski definition) is 2. The molecule has 1 saturated carbocycles. The van der Waals surface area contributed by atoms with E-state index in [-0.39, 0.29) is 11.4 Å². The molecule has 0 heterocycles. The summed E-state index contributed by atoms with van der Waals surface area (Å²) in [7, 11) is -3.76. The summed E-state index contributed by atoms with van der Waals surface area (Å²) < 4.78 is 27.4. The average molecular weight is 397 g/mol. The maximum Gasteiger partial charge on any atom is 0.310 e. The van der Waals surface area contributed by atoms with Gasteiger partial charge in [0.2, 0.25) is 10.0 Å². The average Bonchev–Trinajstić information content (AvgIpc) is 2.90. The zero-order valence-corrected chi connectivity index (χ0v) is 14.3. The van der Waals surface area contributed by atoms with Gasteiger partial charge in [0.1, 0.15) is 0 Å². The Morgan fingerprint density at radius 1 is 1.38 bits per heavy atom. The molecule has 0 aliphatic heterocycles. The van der Waals surface area contributed by atoms with Crippen molar-refractivity contribution in [1.29, 1.82) is 0 Å². The minimum absolute atomic E-state index is 0.0531. The van der Waals surface area contributed by atoms with E-state index in [2.05, 4.69) is 20.7 Å². The lowest BCUT2D eigenvalue weighted by Crippen LogP contribution is -2.41. The molecule has 0 atom stereocenters. The molecule has 21 heavy (non-hydrogen) atoms. The van der Waals surface area contributed by atoms with Crippen molar-refractivity contribution in [3.05, 3.63) is 27.7 Å². The van der Waals surface area contributed by atoms with Crippen molar-refractivity contribution in [2.75, 3.05) is 6.54 Å². The van der Waals surface area contributed by atoms with Gasteiger partial charge in [-0.25, -0.2) is 13.1 Å². The SMILES string of the molecule is O=C(O)C1(CNS(=O)(=O)c2ccc(Cl)c(Br)c2)CCCC1. The molecule has 1 aromatic carbocycles. The van der Waals surface area contributed by atoms with Gasteiger partial charge in [-0.15, -0.1) is 0 Å². The molecule has 0 spiro atoms. The highest BCUT2D eigenvalue weighted by atomic mass is 79.9. The van der Waals surface area contributed by atoms with E-state index in [9.17, 15) is 18.3 Å². The number of halogens is 2. The van der Waals surface area contributed by atoms with Crippen LogP contribution in [0.3, 0.4) is 0 Å². The predicted octanol–water partition coefficient (Wildman–Crippen LogP) is 3.03. The van der Waals surface area contributed by atoms with E-state index in [1.54, 1.807) is 0 Å². The Kier molecular flexibility index (Phi) is 4.97. The van der Waals surface area contributed by atoms with Crippen molar-refractivity contribution in [1.82, 2.24) is 4.72 Å². The monoisotopic (exact) mass is 395 g/mol. The van der Waals surface area contributed by atoms with Crippen LogP contribution in [0.4, 0.5) is 0 Å². The number of benzene rings is 1. The highest BCUT2D eigenvalue weighted by Crippen LogP contribution is 2.38. The van der Waals surface area contributed by atoms with Crippen molar-refractivity contribution >= 4 is 43.5 Å². The maximum atomic E-state index is 12.2. The minimum Gasteiger partial charge on any atom is -0.481 e. The molecular weight excluding hydrogens is 382 g/mol. The Balaban J connectivity index is 2.17. The van der Waals surface area contributed by atoms with Crippen molar-refractivity contribution in [3.8, 4) is 0 Å². The van der Waals surface area contributed by atoms with Gasteiger partial charge in [-0.1, -0.05) is 24.4 Å². The second-order valence-electron chi connectivity index (χ2n) is 5.19. The van der Waals surface area contributed by atoms with E-state index in [0.29, 0.717) is 22.3 Å². The van der Waals surface area contributed by atoms with Crippen molar-refractivity contribution in [2.45, 2.75) is 30.6 Å². The van der Waals surface area contributed by atoms with Gasteiger partial charge in [-0.3, -0.25) is 4.79 Å². The fourth-order valence-corrected chi connectivity index (χ4v) is 4.28. The highest BCUT2D eigenvalue weighted by Gasteiger charge is 2.42. The predicted molar refractivity (Wildman–Crippen MR) is 82.9 cm³/mol. The molecule has 0 radical (unpaired) electrons. The van der Waals surface area contributed by atoms with E-state index in [4.69, 9.17) is 11.6 Å². The van der Waals surface area contributed by atoms with Gasteiger partial charge in [0, 0.05) is 11.0 Å². The summed E-state index contributed by atoms with van der Waals surface area (Å²) in [4.78, 5) is 11.5. The number of carbonyl (C=O) groups is 1. The second-order valence-corrected chi connectivity index (χ2v) is 8.22. The smallest absolute Gasteiger partial charge is 0.310 e. The van der Waals surface area contributed by atoms with Crippen LogP contribution in [0.25, 0.3) is 0 Å². The Hall–Kier alpha value is -0.630. The molecule has 1 fully saturated rings. The number of rotatable bonds is 5. The number of carboxylic acid groups (broad SMARTS) is 1. The summed E-state index contributed by atoms with van der Waals surface area (Å²) in [6, 6.07) is 4.26. The Bertz CT molecular complexity index is 656. The lowest BCUT2D eigenvalue weighted by Gasteiger charge is -2.23. The molecule has 8 heteroatoms. The topological polar surface area (TPSA) is 83.5 Å². The van der Waals surface area contributed by atoms with Gasteiger partial charge >= 0.3 is 5.97 Å². The van der Waals surface area contributed by atoms with Gasteiger partial charge in [-0.2, -0.15) is 0 Å². The fourth-order valence-electron chi connectivity index (χ4n) is 2.48. The summed E-state index contributed by atoms with van der Waals surface area (Å²) >= 11 is 9.01. The van der Waals surface area contributed by atoms with E-state index in [1.165, 1.54) is 18.2 Å². The molecule has 0 unspecified atom stereocenters. The zero-order valence-electron chi connectivity index (χ0n) is 11.1. The van der Waals surface area contributed by atoms with Gasteiger partial charge in [0.15, 0.2) is 0 Å². The maximum absolute atomic E-state index is 12.2. The second kappa shape index (κ2) is 6.24. The molecule has 1 aromatic rings. The van der Waals surface area contributed by atoms with Crippen molar-refractivity contribution in [2.24, 2.45) is 5.41 Å². The van der Waals surface area contributed by atoms with Crippen LogP contribution in [0.15, 0.2) is 27.6 Å². The molecule has 0 saturated heterocycles. The van der Waals surface area contributed by atoms with Crippen LogP contribution in [0.1, 0.15) is 25.7 Å². The molecule has 5 nitrogen and oxygen atoms in total. The van der Waals surface area contributed by atoms with Crippen molar-refractivity contribution in [3.63, 3.8) is 0 Å². The molecular formula is C13H15BrClNO4S. The van der Waals surface area contributed by atoms with Crippen LogP contribution in [0.5, 0.6) is 0 Å². The van der Waals surface area contributed by atoms with Crippen molar-refractivity contribution < 1.29 is 18.3 Å². The zero-order chi connectivity index (χ0) is 15.7. The molecule has 0 amide bonds. The summed E-state index contributed by atoms with van der Waals surface area (Å²) in [5, 5.41) is 9.76. The van der Waals surface area contributed by atoms with Gasteiger partial charge < -0.3 is 5.11 Å². The number of hydrogen-bond acceptors (Lipinski definition) is 3. The third-order valence-corrected chi connectivity index (χ3v) is 6.43. The first-order chi connectivity index (χ1) is 9.77. The van der Waals surface area contributed by atoms with Crippen LogP contribution in [-0.4, -0.2) is 26.0 Å². The summed E-state index contributed by atoms with van der Waals surface area (Å²) in [5.41, 5.74) is -0.989. The third-order valence-electron chi connectivity index (χ3n) is 3.82. The van der Waals surface area contributed by atoms with E-state index in [0.717, 1.165) is 12.8 Å². The van der Waals surface area contributed by atoms with Crippen LogP contribution in [-0.2, 0) is 14.8 Å². The largest absolute Gasteiger partial charge is 0.481 e. The quantitative estimate of drug-likeness (QED) is 0.801. The molecule has 0 aromatic heterocycles. The van der Waals surface area contributed by atoms with Crippen LogP contribution in [0, 0.1) is 5.41 Å². The standard InChI is InChI=1S/C13H15BrClNO4S/c14-10-7-9(3-4-11(10)15)21(19,20)16-8-13(12(17)18)5-1-2-6-13/h3-4,7,16H,1-2,5-6,8H2,(H,17,18). The summed E-state index contributed by atoms with van der Waals surface area (Å²) in [6.07, 6.45) is 2.60.